The molecule has 0 bridgehead atoms. The predicted octanol–water partition coefficient (Wildman–Crippen LogP) is -0.939. The zero-order valence-electron chi connectivity index (χ0n) is 5.67. The lowest BCUT2D eigenvalue weighted by Gasteiger charge is -2.26. The van der Waals surface area contributed by atoms with Gasteiger partial charge in [0.15, 0.2) is 0 Å². The van der Waals surface area contributed by atoms with Crippen molar-refractivity contribution in [2.24, 2.45) is 0 Å². The highest BCUT2D eigenvalue weighted by Crippen LogP contribution is 1.91. The molecule has 0 saturated carbocycles. The summed E-state index contributed by atoms with van der Waals surface area (Å²) in [5.74, 6) is -0.512. The summed E-state index contributed by atoms with van der Waals surface area (Å²) in [7, 11) is 0. The summed E-state index contributed by atoms with van der Waals surface area (Å²) < 4.78 is 5.05. The van der Waals surface area contributed by atoms with Crippen molar-refractivity contribution in [3.05, 3.63) is 6.92 Å². The second kappa shape index (κ2) is 3.53. The van der Waals surface area contributed by atoms with Gasteiger partial charge in [0.2, 0.25) is 5.91 Å². The van der Waals surface area contributed by atoms with Gasteiger partial charge in [-0.2, -0.15) is 0 Å². The molecule has 1 N–H and O–H groups in total. The minimum atomic E-state index is -0.512. The van der Waals surface area contributed by atoms with Crippen molar-refractivity contribution in [2.45, 2.75) is 0 Å². The average Bonchev–Trinajstić information content (AvgIpc) is 1.88. The van der Waals surface area contributed by atoms with Crippen molar-refractivity contribution in [3.8, 4) is 0 Å². The van der Waals surface area contributed by atoms with Crippen LogP contribution >= 0.6 is 0 Å². The predicted molar refractivity (Wildman–Crippen MR) is 34.8 cm³/mol. The molecule has 1 fully saturated rings. The van der Waals surface area contributed by atoms with E-state index in [0.29, 0.717) is 26.3 Å². The van der Waals surface area contributed by atoms with Crippen LogP contribution in [0.3, 0.4) is 0 Å². The number of hydrazine groups is 1. The molecule has 0 aromatic carbocycles. The van der Waals surface area contributed by atoms with Gasteiger partial charge >= 0.3 is 0 Å². The average molecular weight is 142 g/mol. The molecule has 1 heterocycles. The maximum absolute atomic E-state index is 10.3. The van der Waals surface area contributed by atoms with Gasteiger partial charge in [-0.05, 0) is 0 Å². The molecule has 1 aliphatic heterocycles. The highest BCUT2D eigenvalue weighted by molar-refractivity contribution is 5.79. The van der Waals surface area contributed by atoms with E-state index in [2.05, 4.69) is 5.43 Å². The van der Waals surface area contributed by atoms with E-state index in [1.54, 1.807) is 5.01 Å². The van der Waals surface area contributed by atoms with Crippen LogP contribution in [-0.4, -0.2) is 37.2 Å². The molecule has 1 amide bonds. The summed E-state index contributed by atoms with van der Waals surface area (Å²) in [5, 5.41) is 1.74. The summed E-state index contributed by atoms with van der Waals surface area (Å²) >= 11 is 0. The fourth-order valence-electron chi connectivity index (χ4n) is 0.831. The van der Waals surface area contributed by atoms with Gasteiger partial charge in [-0.25, -0.2) is 5.01 Å². The van der Waals surface area contributed by atoms with Gasteiger partial charge in [0.05, 0.1) is 20.1 Å². The Balaban J connectivity index is 2.19. The Labute approximate surface area is 60.1 Å². The number of ether oxygens (including phenoxy) is 1. The SMILES string of the molecule is [CH]C(=O)NN1CCOCC1. The molecule has 0 aromatic rings. The number of hydrogen-bond acceptors (Lipinski definition) is 3. The minimum Gasteiger partial charge on any atom is -0.379 e. The Bertz CT molecular complexity index is 121. The molecular formula is C6H10N2O2. The van der Waals surface area contributed by atoms with Gasteiger partial charge in [0.1, 0.15) is 0 Å². The monoisotopic (exact) mass is 142 g/mol. The molecule has 10 heavy (non-hydrogen) atoms. The van der Waals surface area contributed by atoms with Gasteiger partial charge < -0.3 is 4.74 Å². The number of amides is 1. The zero-order chi connectivity index (χ0) is 7.40. The number of carbonyl (C=O) groups excluding carboxylic acids is 1. The fraction of sp³-hybridized carbons (Fsp3) is 0.667. The van der Waals surface area contributed by atoms with Crippen molar-refractivity contribution in [2.75, 3.05) is 26.3 Å². The van der Waals surface area contributed by atoms with E-state index in [9.17, 15) is 4.79 Å². The van der Waals surface area contributed by atoms with Crippen LogP contribution in [0, 0.1) is 6.92 Å². The maximum atomic E-state index is 10.3. The Morgan fingerprint density at radius 3 is 2.60 bits per heavy atom. The molecular weight excluding hydrogens is 132 g/mol. The van der Waals surface area contributed by atoms with Crippen LogP contribution in [0.25, 0.3) is 0 Å². The first kappa shape index (κ1) is 7.50. The molecule has 56 valence electrons. The molecule has 1 rings (SSSR count). The largest absolute Gasteiger partial charge is 0.379 e. The first-order valence-electron chi connectivity index (χ1n) is 3.18. The number of nitrogens with zero attached hydrogens (tertiary/aromatic N) is 1. The van der Waals surface area contributed by atoms with Gasteiger partial charge in [0.25, 0.3) is 0 Å². The van der Waals surface area contributed by atoms with Crippen LogP contribution in [0.15, 0.2) is 0 Å². The summed E-state index contributed by atoms with van der Waals surface area (Å²) in [5.41, 5.74) is 2.47. The quantitative estimate of drug-likeness (QED) is 0.514. The van der Waals surface area contributed by atoms with Crippen LogP contribution in [-0.2, 0) is 9.53 Å². The summed E-state index contributed by atoms with van der Waals surface area (Å²) in [6.45, 7) is 7.62. The third-order valence-corrected chi connectivity index (χ3v) is 1.28. The fourth-order valence-corrected chi connectivity index (χ4v) is 0.831. The molecule has 0 aliphatic carbocycles. The lowest BCUT2D eigenvalue weighted by Crippen LogP contribution is -2.47. The second-order valence-corrected chi connectivity index (χ2v) is 2.08. The van der Waals surface area contributed by atoms with Gasteiger partial charge in [-0.1, -0.05) is 0 Å². The normalized spacial score (nSPS) is 20.5. The highest BCUT2D eigenvalue weighted by Gasteiger charge is 2.09. The maximum Gasteiger partial charge on any atom is 0.239 e. The van der Waals surface area contributed by atoms with E-state index >= 15 is 0 Å². The number of morpholine rings is 1. The van der Waals surface area contributed by atoms with Crippen molar-refractivity contribution in [1.29, 1.82) is 0 Å². The Kier molecular flexibility index (Phi) is 2.65. The Morgan fingerprint density at radius 2 is 2.10 bits per heavy atom. The molecule has 0 atom stereocenters. The summed E-state index contributed by atoms with van der Waals surface area (Å²) in [6, 6.07) is 0. The Hall–Kier alpha value is -0.610. The van der Waals surface area contributed by atoms with Crippen molar-refractivity contribution < 1.29 is 9.53 Å². The lowest BCUT2D eigenvalue weighted by atomic mass is 10.5. The van der Waals surface area contributed by atoms with Gasteiger partial charge in [0, 0.05) is 13.1 Å². The van der Waals surface area contributed by atoms with Crippen molar-refractivity contribution >= 4 is 5.91 Å². The Morgan fingerprint density at radius 1 is 1.50 bits per heavy atom. The second-order valence-electron chi connectivity index (χ2n) is 2.08. The van der Waals surface area contributed by atoms with E-state index < -0.39 is 5.91 Å². The molecule has 1 aliphatic rings. The van der Waals surface area contributed by atoms with E-state index in [4.69, 9.17) is 11.7 Å². The van der Waals surface area contributed by atoms with Crippen LogP contribution in [0.2, 0.25) is 0 Å². The number of rotatable bonds is 1. The molecule has 0 spiro atoms. The van der Waals surface area contributed by atoms with E-state index in [1.807, 2.05) is 0 Å². The lowest BCUT2D eigenvalue weighted by molar-refractivity contribution is -0.123. The van der Waals surface area contributed by atoms with Gasteiger partial charge in [-0.15, -0.1) is 0 Å². The van der Waals surface area contributed by atoms with Crippen LogP contribution in [0.5, 0.6) is 0 Å². The van der Waals surface area contributed by atoms with Gasteiger partial charge in [-0.3, -0.25) is 10.2 Å². The van der Waals surface area contributed by atoms with E-state index in [-0.39, 0.29) is 0 Å². The summed E-state index contributed by atoms with van der Waals surface area (Å²) in [6.07, 6.45) is 0. The molecule has 0 unspecified atom stereocenters. The first-order valence-corrected chi connectivity index (χ1v) is 3.18. The molecule has 4 heteroatoms. The topological polar surface area (TPSA) is 41.6 Å². The first-order chi connectivity index (χ1) is 4.79. The number of hydrogen-bond donors (Lipinski definition) is 1. The number of carbonyl (C=O) groups is 1. The van der Waals surface area contributed by atoms with Crippen LogP contribution in [0.1, 0.15) is 0 Å². The van der Waals surface area contributed by atoms with Crippen LogP contribution in [0.4, 0.5) is 0 Å². The molecule has 4 nitrogen and oxygen atoms in total. The highest BCUT2D eigenvalue weighted by atomic mass is 16.5. The van der Waals surface area contributed by atoms with E-state index in [1.165, 1.54) is 0 Å². The molecule has 2 radical (unpaired) electrons. The van der Waals surface area contributed by atoms with Crippen molar-refractivity contribution in [3.63, 3.8) is 0 Å². The summed E-state index contributed by atoms with van der Waals surface area (Å²) in [4.78, 5) is 10.3. The standard InChI is InChI=1S/C6H10N2O2/c1-6(9)7-8-2-4-10-5-3-8/h1H,2-5H2,(H,7,9). The third kappa shape index (κ3) is 2.33. The van der Waals surface area contributed by atoms with Crippen molar-refractivity contribution in [1.82, 2.24) is 10.4 Å². The molecule has 0 aromatic heterocycles. The van der Waals surface area contributed by atoms with E-state index in [0.717, 1.165) is 0 Å². The third-order valence-electron chi connectivity index (χ3n) is 1.28. The minimum absolute atomic E-state index is 0.512. The zero-order valence-corrected chi connectivity index (χ0v) is 5.67. The van der Waals surface area contributed by atoms with Crippen LogP contribution < -0.4 is 5.43 Å². The number of nitrogens with one attached hydrogen (secondary N) is 1. The smallest absolute Gasteiger partial charge is 0.239 e. The molecule has 1 saturated heterocycles.